The zero-order valence-corrected chi connectivity index (χ0v) is 10.9. The van der Waals surface area contributed by atoms with Gasteiger partial charge in [0, 0.05) is 18.9 Å². The summed E-state index contributed by atoms with van der Waals surface area (Å²) >= 11 is 0. The lowest BCUT2D eigenvalue weighted by Gasteiger charge is -2.56. The molecule has 0 amide bonds. The van der Waals surface area contributed by atoms with Crippen molar-refractivity contribution in [3.05, 3.63) is 42.8 Å². The molecule has 2 aliphatic carbocycles. The van der Waals surface area contributed by atoms with Crippen molar-refractivity contribution >= 4 is 0 Å². The van der Waals surface area contributed by atoms with Crippen molar-refractivity contribution in [3.63, 3.8) is 0 Å². The standard InChI is InChI=1S/C16H21N.C/c1-2-6-13-12(5-1)11-15-14-7-3-4-8-16(13,14)9-10-17-15;/h1-2,5-6,14-15,17H,3-4,7-11H2;/t14-,15+,16-;/m0./s1. The molecule has 1 aliphatic heterocycles. The van der Waals surface area contributed by atoms with Crippen LogP contribution in [0.15, 0.2) is 24.3 Å². The third-order valence-electron chi connectivity index (χ3n) is 5.55. The molecule has 1 heteroatoms. The molecule has 1 nitrogen and oxygen atoms in total. The lowest BCUT2D eigenvalue weighted by Crippen LogP contribution is -2.59. The topological polar surface area (TPSA) is 12.0 Å². The van der Waals surface area contributed by atoms with Crippen LogP contribution in [0.5, 0.6) is 0 Å². The van der Waals surface area contributed by atoms with Gasteiger partial charge in [0.25, 0.3) is 0 Å². The molecule has 2 fully saturated rings. The lowest BCUT2D eigenvalue weighted by molar-refractivity contribution is 0.0798. The minimum absolute atomic E-state index is 0. The molecule has 3 aliphatic rings. The largest absolute Gasteiger partial charge is 0.313 e. The van der Waals surface area contributed by atoms with Crippen LogP contribution in [0.2, 0.25) is 0 Å². The first kappa shape index (κ1) is 12.2. The van der Waals surface area contributed by atoms with Crippen LogP contribution in [0.4, 0.5) is 0 Å². The smallest absolute Gasteiger partial charge is 0.0144 e. The maximum Gasteiger partial charge on any atom is 0.0144 e. The van der Waals surface area contributed by atoms with Crippen LogP contribution >= 0.6 is 0 Å². The summed E-state index contributed by atoms with van der Waals surface area (Å²) in [7, 11) is 0. The third kappa shape index (κ3) is 1.50. The zero-order valence-electron chi connectivity index (χ0n) is 10.9. The number of hydrogen-bond donors (Lipinski definition) is 1. The number of fused-ring (bicyclic) bond motifs is 1. The molecule has 18 heavy (non-hydrogen) atoms. The molecular formula is C17H21N. The van der Waals surface area contributed by atoms with Crippen LogP contribution in [0, 0.1) is 13.3 Å². The monoisotopic (exact) mass is 239 g/mol. The summed E-state index contributed by atoms with van der Waals surface area (Å²) < 4.78 is 0. The first-order valence-corrected chi connectivity index (χ1v) is 7.22. The van der Waals surface area contributed by atoms with Gasteiger partial charge in [-0.2, -0.15) is 0 Å². The average molecular weight is 239 g/mol. The van der Waals surface area contributed by atoms with E-state index in [2.05, 4.69) is 29.6 Å². The second kappa shape index (κ2) is 4.38. The van der Waals surface area contributed by atoms with Gasteiger partial charge in [0.15, 0.2) is 0 Å². The van der Waals surface area contributed by atoms with Crippen LogP contribution in [0.3, 0.4) is 0 Å². The van der Waals surface area contributed by atoms with Gasteiger partial charge in [-0.15, -0.1) is 0 Å². The van der Waals surface area contributed by atoms with E-state index < -0.39 is 0 Å². The van der Waals surface area contributed by atoms with Crippen LogP contribution < -0.4 is 5.32 Å². The molecule has 4 rings (SSSR count). The van der Waals surface area contributed by atoms with Gasteiger partial charge < -0.3 is 5.32 Å². The van der Waals surface area contributed by atoms with E-state index in [9.17, 15) is 0 Å². The van der Waals surface area contributed by atoms with Gasteiger partial charge in [-0.1, -0.05) is 37.1 Å². The van der Waals surface area contributed by atoms with Crippen LogP contribution in [0.1, 0.15) is 43.2 Å². The normalized spacial score (nSPS) is 37.1. The number of hydrogen-bond acceptors (Lipinski definition) is 1. The summed E-state index contributed by atoms with van der Waals surface area (Å²) in [4.78, 5) is 0. The van der Waals surface area contributed by atoms with Gasteiger partial charge in [0.2, 0.25) is 0 Å². The summed E-state index contributed by atoms with van der Waals surface area (Å²) in [6.45, 7) is 1.23. The predicted molar refractivity (Wildman–Crippen MR) is 73.4 cm³/mol. The van der Waals surface area contributed by atoms with Crippen molar-refractivity contribution < 1.29 is 0 Å². The molecule has 3 atom stereocenters. The minimum atomic E-state index is 0. The molecule has 2 bridgehead atoms. The van der Waals surface area contributed by atoms with Crippen molar-refractivity contribution in [1.29, 1.82) is 0 Å². The number of piperidine rings is 1. The fourth-order valence-corrected chi connectivity index (χ4v) is 4.89. The van der Waals surface area contributed by atoms with Crippen LogP contribution in [0.25, 0.3) is 0 Å². The highest BCUT2D eigenvalue weighted by Crippen LogP contribution is 2.53. The highest BCUT2D eigenvalue weighted by Gasteiger charge is 2.51. The number of rotatable bonds is 0. The molecule has 1 aromatic carbocycles. The van der Waals surface area contributed by atoms with Gasteiger partial charge in [0.05, 0.1) is 0 Å². The Balaban J connectivity index is 0.000001000. The Morgan fingerprint density at radius 1 is 1.11 bits per heavy atom. The SMILES string of the molecule is [C].c1ccc2c(c1)C[C@H]1NCC[C@@]23CCCC[C@@H]13. The van der Waals surface area contributed by atoms with Crippen molar-refractivity contribution in [2.75, 3.05) is 6.54 Å². The Bertz CT molecular complexity index is 435. The Morgan fingerprint density at radius 2 is 2.00 bits per heavy atom. The molecule has 0 unspecified atom stereocenters. The van der Waals surface area contributed by atoms with Crippen molar-refractivity contribution in [2.24, 2.45) is 5.92 Å². The summed E-state index contributed by atoms with van der Waals surface area (Å²) in [6, 6.07) is 10.0. The molecule has 4 radical (unpaired) electrons. The van der Waals surface area contributed by atoms with E-state index in [0.717, 1.165) is 12.0 Å². The highest BCUT2D eigenvalue weighted by atomic mass is 15.0. The molecule has 0 aromatic heterocycles. The Morgan fingerprint density at radius 3 is 2.94 bits per heavy atom. The second-order valence-electron chi connectivity index (χ2n) is 6.18. The van der Waals surface area contributed by atoms with E-state index in [-0.39, 0.29) is 7.43 Å². The van der Waals surface area contributed by atoms with E-state index >= 15 is 0 Å². The van der Waals surface area contributed by atoms with E-state index in [1.807, 2.05) is 0 Å². The second-order valence-corrected chi connectivity index (χ2v) is 6.18. The van der Waals surface area contributed by atoms with E-state index in [4.69, 9.17) is 0 Å². The van der Waals surface area contributed by atoms with Crippen LogP contribution in [-0.4, -0.2) is 12.6 Å². The summed E-state index contributed by atoms with van der Waals surface area (Å²) in [6.07, 6.45) is 8.41. The van der Waals surface area contributed by atoms with Gasteiger partial charge >= 0.3 is 0 Å². The number of nitrogens with one attached hydrogen (secondary N) is 1. The van der Waals surface area contributed by atoms with Gasteiger partial charge in [-0.25, -0.2) is 0 Å². The molecule has 1 heterocycles. The van der Waals surface area contributed by atoms with Crippen LogP contribution in [-0.2, 0) is 11.8 Å². The number of benzene rings is 1. The third-order valence-corrected chi connectivity index (χ3v) is 5.55. The lowest BCUT2D eigenvalue weighted by atomic mass is 9.53. The summed E-state index contributed by atoms with van der Waals surface area (Å²) in [5.41, 5.74) is 3.88. The van der Waals surface area contributed by atoms with E-state index in [1.165, 1.54) is 45.1 Å². The average Bonchev–Trinajstić information content (AvgIpc) is 2.39. The molecule has 1 aromatic rings. The predicted octanol–water partition coefficient (Wildman–Crippen LogP) is 3.11. The molecule has 1 saturated heterocycles. The van der Waals surface area contributed by atoms with Crippen molar-refractivity contribution in [1.82, 2.24) is 5.32 Å². The Kier molecular flexibility index (Phi) is 2.97. The highest BCUT2D eigenvalue weighted by molar-refractivity contribution is 5.41. The first-order chi connectivity index (χ1) is 8.40. The molecular weight excluding hydrogens is 218 g/mol. The maximum atomic E-state index is 3.79. The van der Waals surface area contributed by atoms with Gasteiger partial charge in [-0.05, 0) is 49.3 Å². The van der Waals surface area contributed by atoms with Gasteiger partial charge in [-0.3, -0.25) is 0 Å². The summed E-state index contributed by atoms with van der Waals surface area (Å²) in [5.74, 6) is 0.917. The van der Waals surface area contributed by atoms with Crippen molar-refractivity contribution in [3.8, 4) is 0 Å². The molecule has 0 spiro atoms. The van der Waals surface area contributed by atoms with E-state index in [1.54, 1.807) is 11.1 Å². The summed E-state index contributed by atoms with van der Waals surface area (Å²) in [5, 5.41) is 3.79. The zero-order chi connectivity index (χ0) is 11.3. The fourth-order valence-electron chi connectivity index (χ4n) is 4.89. The van der Waals surface area contributed by atoms with Gasteiger partial charge in [0.1, 0.15) is 0 Å². The molecule has 1 saturated carbocycles. The first-order valence-electron chi connectivity index (χ1n) is 7.22. The quantitative estimate of drug-likeness (QED) is 0.733. The van der Waals surface area contributed by atoms with E-state index in [0.29, 0.717) is 5.41 Å². The molecule has 94 valence electrons. The maximum absolute atomic E-state index is 3.79. The Labute approximate surface area is 111 Å². The Hall–Kier alpha value is -0.820. The fraction of sp³-hybridized carbons (Fsp3) is 0.588. The van der Waals surface area contributed by atoms with Crippen molar-refractivity contribution in [2.45, 2.75) is 50.0 Å². The molecule has 1 N–H and O–H groups in total. The minimum Gasteiger partial charge on any atom is -0.313 e.